The number of rotatable bonds is 2. The van der Waals surface area contributed by atoms with Crippen molar-refractivity contribution in [3.8, 4) is 0 Å². The van der Waals surface area contributed by atoms with Gasteiger partial charge in [0.2, 0.25) is 0 Å². The number of phosphoric ester groups is 1. The number of hydrogen-bond acceptors (Lipinski definition) is 3. The molecule has 0 aromatic carbocycles. The number of carbonyl (C=O) groups is 1. The smallest absolute Gasteiger partial charge is 1.00 e. The van der Waals surface area contributed by atoms with Crippen LogP contribution in [0.4, 0.5) is 0 Å². The van der Waals surface area contributed by atoms with Gasteiger partial charge in [0, 0.05) is 17.1 Å². The third-order valence-electron chi connectivity index (χ3n) is 0.180. The Kier molecular flexibility index (Phi) is 12.5. The molecule has 0 aromatic rings. The molecule has 5 nitrogen and oxygen atoms in total. The minimum Gasteiger partial charge on any atom is -1.00 e. The van der Waals surface area contributed by atoms with Crippen LogP contribution in [0.5, 0.6) is 0 Å². The zero-order chi connectivity index (χ0) is 5.91. The first-order valence-corrected chi connectivity index (χ1v) is 2.77. The summed E-state index contributed by atoms with van der Waals surface area (Å²) in [7, 11) is -4.53. The van der Waals surface area contributed by atoms with Crippen molar-refractivity contribution in [3.05, 3.63) is 0 Å². The summed E-state index contributed by atoms with van der Waals surface area (Å²) in [6, 6.07) is 0. The third-order valence-corrected chi connectivity index (χ3v) is 0.541. The molecule has 0 fully saturated rings. The summed E-state index contributed by atoms with van der Waals surface area (Å²) in [5.74, 6) is 0. The summed E-state index contributed by atoms with van der Waals surface area (Å²) in [4.78, 5) is 24.5. The van der Waals surface area contributed by atoms with Crippen molar-refractivity contribution in [3.63, 3.8) is 0 Å². The summed E-state index contributed by atoms with van der Waals surface area (Å²) in [5.41, 5.74) is 0. The molecule has 52 valence electrons. The molecule has 0 aliphatic heterocycles. The van der Waals surface area contributed by atoms with Gasteiger partial charge in [0.25, 0.3) is 0 Å². The van der Waals surface area contributed by atoms with E-state index in [2.05, 4.69) is 4.52 Å². The van der Waals surface area contributed by atoms with E-state index >= 15 is 0 Å². The predicted molar refractivity (Wildman–Crippen MR) is 20.3 cm³/mol. The second-order valence-corrected chi connectivity index (χ2v) is 1.88. The van der Waals surface area contributed by atoms with Crippen molar-refractivity contribution in [1.82, 2.24) is 0 Å². The largest absolute Gasteiger partial charge is 1.00 e. The van der Waals surface area contributed by atoms with Gasteiger partial charge in [-0.15, -0.1) is 0 Å². The van der Waals surface area contributed by atoms with E-state index in [0.717, 1.165) is 0 Å². The minimum absolute atomic E-state index is 0. The third kappa shape index (κ3) is 17.7. The first-order valence-electron chi connectivity index (χ1n) is 1.24. The van der Waals surface area contributed by atoms with E-state index in [0.29, 0.717) is 0 Å². The van der Waals surface area contributed by atoms with Gasteiger partial charge in [-0.05, 0) is 0 Å². The van der Waals surface area contributed by atoms with E-state index in [1.807, 2.05) is 0 Å². The molecule has 0 rings (SSSR count). The van der Waals surface area contributed by atoms with Gasteiger partial charge in [-0.3, -0.25) is 14.6 Å². The Bertz CT molecular complexity index is 114. The molecular weight excluding hydrogens is 186 g/mol. The van der Waals surface area contributed by atoms with Crippen LogP contribution in [0.1, 0.15) is 1.43 Å². The van der Waals surface area contributed by atoms with Crippen molar-refractivity contribution in [1.29, 1.82) is 0 Å². The van der Waals surface area contributed by atoms with E-state index in [1.165, 1.54) is 0 Å². The molecule has 2 N–H and O–H groups in total. The minimum atomic E-state index is -4.53. The fourth-order valence-corrected chi connectivity index (χ4v) is 0.168. The predicted octanol–water partition coefficient (Wildman–Crippen LogP) is -3.63. The maximum absolute atomic E-state index is 9.47. The van der Waals surface area contributed by atoms with Gasteiger partial charge in [0.15, 0.2) is 0 Å². The average Bonchev–Trinajstić information content (AvgIpc) is 1.30. The zero-order valence-electron chi connectivity index (χ0n) is 5.50. The van der Waals surface area contributed by atoms with Crippen molar-refractivity contribution in [2.24, 2.45) is 0 Å². The Morgan fingerprint density at radius 2 is 1.89 bits per heavy atom. The van der Waals surface area contributed by atoms with E-state index in [4.69, 9.17) is 14.6 Å². The second kappa shape index (κ2) is 6.85. The molecule has 0 aliphatic carbocycles. The molecule has 8 heteroatoms. The van der Waals surface area contributed by atoms with Crippen LogP contribution in [0.25, 0.3) is 0 Å². The monoisotopic (exact) mass is 190 g/mol. The van der Waals surface area contributed by atoms with Gasteiger partial charge in [-0.2, -0.15) is 0 Å². The molecule has 9 heavy (non-hydrogen) atoms. The normalized spacial score (nSPS) is 8.22. The second-order valence-electron chi connectivity index (χ2n) is 0.692. The van der Waals surface area contributed by atoms with E-state index in [1.54, 1.807) is 0 Å². The van der Waals surface area contributed by atoms with Crippen LogP contribution in [0, 0.1) is 0 Å². The summed E-state index contributed by atoms with van der Waals surface area (Å²) >= 11 is 0. The molecule has 0 spiro atoms. The van der Waals surface area contributed by atoms with Crippen LogP contribution in [-0.4, -0.2) is 16.3 Å². The topological polar surface area (TPSA) is 83.8 Å². The van der Waals surface area contributed by atoms with Gasteiger partial charge in [-0.1, -0.05) is 0 Å². The van der Waals surface area contributed by atoms with Crippen LogP contribution in [-0.2, 0) is 31.0 Å². The summed E-state index contributed by atoms with van der Waals surface area (Å²) in [5, 5.41) is 0. The van der Waals surface area contributed by atoms with Crippen molar-refractivity contribution in [2.75, 3.05) is 0 Å². The fourth-order valence-electron chi connectivity index (χ4n) is 0.0561. The van der Waals surface area contributed by atoms with Crippen LogP contribution >= 0.6 is 7.82 Å². The van der Waals surface area contributed by atoms with Crippen LogP contribution in [0.2, 0.25) is 0 Å². The molecular formula is CH4FeLiO5P. The summed E-state index contributed by atoms with van der Waals surface area (Å²) in [6.45, 7) is -0.305. The van der Waals surface area contributed by atoms with Gasteiger partial charge in [0.1, 0.15) is 0 Å². The van der Waals surface area contributed by atoms with Gasteiger partial charge < -0.3 is 5.95 Å². The summed E-state index contributed by atoms with van der Waals surface area (Å²) in [6.07, 6.45) is 0. The maximum atomic E-state index is 9.47. The molecule has 0 saturated carbocycles. The molecule has 0 aliphatic rings. The average molecular weight is 190 g/mol. The van der Waals surface area contributed by atoms with Gasteiger partial charge >= 0.3 is 33.2 Å². The standard InChI is InChI=1S/CH3O5P.Fe.Li.H/c2-1-6-7(3,4)5;;;/h1H,(H2,3,4,5);;;/q;;+1;-1. The quantitative estimate of drug-likeness (QED) is 0.266. The summed E-state index contributed by atoms with van der Waals surface area (Å²) < 4.78 is 12.7. The van der Waals surface area contributed by atoms with Crippen LogP contribution < -0.4 is 18.9 Å². The zero-order valence-corrected chi connectivity index (χ0v) is 6.50. The first-order chi connectivity index (χ1) is 3.06. The Hall–Kier alpha value is 0.737. The SMILES string of the molecule is O=COP(=O)(O)O.[Fe].[H-].[Li+]. The van der Waals surface area contributed by atoms with E-state index < -0.39 is 7.82 Å². The van der Waals surface area contributed by atoms with Gasteiger partial charge in [0.05, 0.1) is 0 Å². The molecule has 0 unspecified atom stereocenters. The Morgan fingerprint density at radius 1 is 1.56 bits per heavy atom. The Balaban J connectivity index is -0.0000000600. The van der Waals surface area contributed by atoms with Crippen molar-refractivity contribution < 1.29 is 61.0 Å². The van der Waals surface area contributed by atoms with Crippen LogP contribution in [0.15, 0.2) is 0 Å². The number of phosphoric acid groups is 1. The maximum Gasteiger partial charge on any atom is 1.00 e. The molecule has 0 bridgehead atoms. The fraction of sp³-hybridized carbons (Fsp3) is 0. The molecule has 0 amide bonds. The Labute approximate surface area is 75.5 Å². The number of carbonyl (C=O) groups excluding carboxylic acids is 1. The van der Waals surface area contributed by atoms with E-state index in [9.17, 15) is 4.57 Å². The molecule has 0 atom stereocenters. The number of hydrogen-bond donors (Lipinski definition) is 2. The Morgan fingerprint density at radius 3 is 1.89 bits per heavy atom. The first kappa shape index (κ1) is 16.4. The van der Waals surface area contributed by atoms with Crippen molar-refractivity contribution >= 4 is 14.3 Å². The van der Waals surface area contributed by atoms with Gasteiger partial charge in [-0.25, -0.2) is 4.57 Å². The molecule has 0 aromatic heterocycles. The molecule has 0 radical (unpaired) electrons. The molecule has 0 saturated heterocycles. The van der Waals surface area contributed by atoms with E-state index in [-0.39, 0.29) is 43.8 Å². The van der Waals surface area contributed by atoms with Crippen LogP contribution in [0.3, 0.4) is 0 Å². The van der Waals surface area contributed by atoms with Crippen molar-refractivity contribution in [2.45, 2.75) is 0 Å². The molecule has 0 heterocycles.